The first-order valence-electron chi connectivity index (χ1n) is 20.6. The predicted octanol–water partition coefficient (Wildman–Crippen LogP) is 6.67. The van der Waals surface area contributed by atoms with E-state index in [1.807, 2.05) is 38.8 Å². The Balaban J connectivity index is 1.00. The number of allylic oxidation sites excluding steroid dienone is 8. The maximum atomic E-state index is 13.7. The minimum atomic E-state index is -0.778. The van der Waals surface area contributed by atoms with Crippen LogP contribution in [-0.2, 0) is 19.1 Å². The number of rotatable bonds is 11. The Morgan fingerprint density at radius 2 is 1.30 bits per heavy atom. The molecule has 0 spiro atoms. The third-order valence-electron chi connectivity index (χ3n) is 11.9. The van der Waals surface area contributed by atoms with Gasteiger partial charge in [0, 0.05) is 18.4 Å². The third kappa shape index (κ3) is 8.64. The zero-order chi connectivity index (χ0) is 42.7. The Bertz CT molecular complexity index is 2260. The van der Waals surface area contributed by atoms with Gasteiger partial charge in [-0.1, -0.05) is 93.3 Å². The molecule has 15 nitrogen and oxygen atoms in total. The largest absolute Gasteiger partial charge is 0.453 e. The number of nitrogens with zero attached hydrogens (tertiary/aromatic N) is 5. The molecule has 2 aliphatic carbocycles. The van der Waals surface area contributed by atoms with Gasteiger partial charge in [0.1, 0.15) is 30.3 Å². The van der Waals surface area contributed by atoms with Gasteiger partial charge in [-0.05, 0) is 47.0 Å². The van der Waals surface area contributed by atoms with Gasteiger partial charge in [-0.25, -0.2) is 19.6 Å². The van der Waals surface area contributed by atoms with Crippen molar-refractivity contribution in [2.45, 2.75) is 77.2 Å². The van der Waals surface area contributed by atoms with Crippen molar-refractivity contribution >= 4 is 35.1 Å². The number of imidazole rings is 2. The second-order valence-corrected chi connectivity index (χ2v) is 16.5. The Morgan fingerprint density at radius 1 is 0.767 bits per heavy atom. The molecule has 4 heterocycles. The summed E-state index contributed by atoms with van der Waals surface area (Å²) in [4.78, 5) is 75.2. The SMILES string of the molecule is C#[N+][C@H]1C[C@@H](c2ncc(-c3ccc(C4=CC5C=CC(c6cnc([C@@H]7CCCN7C(=O)[C@@H](NC(=O)OC)C(C)C)[nH]6)=CC5C=C4)cc3)[nH]2)N(C(=O)[C@@H](NC(=O)OC)C(C)C)C1. The van der Waals surface area contributed by atoms with E-state index in [-0.39, 0.29) is 47.6 Å². The first kappa shape index (κ1) is 41.7. The molecule has 2 saturated heterocycles. The first-order chi connectivity index (χ1) is 28.9. The van der Waals surface area contributed by atoms with Crippen LogP contribution in [0.15, 0.2) is 73.1 Å². The van der Waals surface area contributed by atoms with E-state index in [4.69, 9.17) is 21.0 Å². The average Bonchev–Trinajstić information content (AvgIpc) is 4.10. The fourth-order valence-corrected chi connectivity index (χ4v) is 8.56. The van der Waals surface area contributed by atoms with Crippen molar-refractivity contribution in [3.05, 3.63) is 101 Å². The van der Waals surface area contributed by atoms with Gasteiger partial charge in [0.25, 0.3) is 12.6 Å². The Morgan fingerprint density at radius 3 is 1.90 bits per heavy atom. The molecule has 0 bridgehead atoms. The fraction of sp³-hybridized carbons (Fsp3) is 0.444. The van der Waals surface area contributed by atoms with Crippen LogP contribution in [0.4, 0.5) is 9.59 Å². The molecule has 2 aliphatic heterocycles. The van der Waals surface area contributed by atoms with Crippen molar-refractivity contribution in [1.29, 1.82) is 0 Å². The number of H-pyrrole nitrogens is 2. The number of carbonyl (C=O) groups excluding carboxylic acids is 4. The van der Waals surface area contributed by atoms with Gasteiger partial charge in [0.15, 0.2) is 0 Å². The van der Waals surface area contributed by atoms with Crippen LogP contribution >= 0.6 is 0 Å². The monoisotopic (exact) mass is 816 g/mol. The summed E-state index contributed by atoms with van der Waals surface area (Å²) in [6, 6.07) is 5.98. The molecule has 314 valence electrons. The number of aromatic nitrogens is 4. The lowest BCUT2D eigenvalue weighted by Gasteiger charge is -2.30. The number of aromatic amines is 2. The van der Waals surface area contributed by atoms with Crippen molar-refractivity contribution in [3.8, 4) is 17.8 Å². The van der Waals surface area contributed by atoms with Crippen LogP contribution in [0.2, 0.25) is 0 Å². The second kappa shape index (κ2) is 17.8. The van der Waals surface area contributed by atoms with Crippen molar-refractivity contribution < 1.29 is 28.7 Å². The molecule has 4 N–H and O–H groups in total. The van der Waals surface area contributed by atoms with Crippen molar-refractivity contribution in [2.24, 2.45) is 23.7 Å². The summed E-state index contributed by atoms with van der Waals surface area (Å²) in [5, 5.41) is 5.38. The summed E-state index contributed by atoms with van der Waals surface area (Å²) in [6.45, 7) is 14.2. The standard InChI is InChI=1S/C45H53N9O6/c1-25(2)38(51-44(57)59-6)42(55)53-18-8-9-36(53)40-47-23-35(50-40)32-17-16-30-19-29(14-15-31(30)20-32)27-10-12-28(13-11-27)34-22-48-41(49-34)37-21-33(46-5)24-54(37)43(56)39(26(3)4)52-45(58)60-7/h5,10-17,19-20,22-23,25-26,30-31,33,36-39H,8-9,18,21,24H2,1-4,6-7H3,(H3-,47,48,49,50,51,52,57,58)/p+1/t30?,31?,33-,36-,37-,38-,39-/m0/s1. The number of carbonyl (C=O) groups is 4. The molecule has 2 aromatic heterocycles. The number of likely N-dealkylation sites (tertiary alicyclic amines) is 2. The number of amides is 4. The molecule has 4 aliphatic rings. The lowest BCUT2D eigenvalue weighted by molar-refractivity contribution is -0.136. The quantitative estimate of drug-likeness (QED) is 0.166. The summed E-state index contributed by atoms with van der Waals surface area (Å²) in [5.41, 5.74) is 5.91. The molecule has 2 unspecified atom stereocenters. The van der Waals surface area contributed by atoms with E-state index in [2.05, 4.69) is 91.2 Å². The Hall–Kier alpha value is -6.43. The molecule has 3 aromatic rings. The van der Waals surface area contributed by atoms with Crippen molar-refractivity contribution in [3.63, 3.8) is 0 Å². The van der Waals surface area contributed by atoms with E-state index in [0.29, 0.717) is 25.3 Å². The lowest BCUT2D eigenvalue weighted by Crippen LogP contribution is -2.51. The maximum Gasteiger partial charge on any atom is 0.407 e. The number of fused-ring (bicyclic) bond motifs is 1. The van der Waals surface area contributed by atoms with E-state index in [1.54, 1.807) is 11.1 Å². The van der Waals surface area contributed by atoms with E-state index in [9.17, 15) is 19.2 Å². The van der Waals surface area contributed by atoms with E-state index >= 15 is 0 Å². The highest BCUT2D eigenvalue weighted by Crippen LogP contribution is 2.38. The molecule has 60 heavy (non-hydrogen) atoms. The maximum absolute atomic E-state index is 13.7. The molecule has 0 saturated carbocycles. The number of benzene rings is 1. The molecule has 4 amide bonds. The summed E-state index contributed by atoms with van der Waals surface area (Å²) in [5.74, 6) is 1.06. The van der Waals surface area contributed by atoms with Gasteiger partial charge in [0.05, 0.1) is 56.5 Å². The summed E-state index contributed by atoms with van der Waals surface area (Å²) < 4.78 is 9.54. The van der Waals surface area contributed by atoms with Crippen LogP contribution in [0.5, 0.6) is 0 Å². The second-order valence-electron chi connectivity index (χ2n) is 16.5. The van der Waals surface area contributed by atoms with Crippen LogP contribution < -0.4 is 10.6 Å². The van der Waals surface area contributed by atoms with Gasteiger partial charge in [0.2, 0.25) is 11.8 Å². The molecule has 15 heteroatoms. The molecule has 1 aromatic carbocycles. The minimum absolute atomic E-state index is 0.106. The summed E-state index contributed by atoms with van der Waals surface area (Å²) >= 11 is 0. The number of alkyl carbamates (subject to hydrolysis) is 2. The molecular formula is C45H54N9O6+. The number of nitrogens with one attached hydrogen (secondary N) is 4. The van der Waals surface area contributed by atoms with Gasteiger partial charge >= 0.3 is 12.2 Å². The average molecular weight is 817 g/mol. The normalized spacial score (nSPS) is 23.1. The van der Waals surface area contributed by atoms with Gasteiger partial charge in [-0.15, -0.1) is 0 Å². The first-order valence-corrected chi connectivity index (χ1v) is 20.6. The highest BCUT2D eigenvalue weighted by Gasteiger charge is 2.45. The van der Waals surface area contributed by atoms with Crippen LogP contribution in [0.1, 0.15) is 81.9 Å². The van der Waals surface area contributed by atoms with Crippen molar-refractivity contribution in [2.75, 3.05) is 27.3 Å². The van der Waals surface area contributed by atoms with Crippen LogP contribution in [-0.4, -0.2) is 99.2 Å². The van der Waals surface area contributed by atoms with Gasteiger partial charge in [-0.2, -0.15) is 0 Å². The van der Waals surface area contributed by atoms with E-state index in [1.165, 1.54) is 14.2 Å². The van der Waals surface area contributed by atoms with Crippen LogP contribution in [0.3, 0.4) is 0 Å². The zero-order valence-electron chi connectivity index (χ0n) is 34.9. The Kier molecular flexibility index (Phi) is 12.4. The molecule has 7 rings (SSSR count). The lowest BCUT2D eigenvalue weighted by atomic mass is 9.79. The topological polar surface area (TPSA) is 179 Å². The number of hydrogen-bond donors (Lipinski definition) is 4. The van der Waals surface area contributed by atoms with Crippen LogP contribution in [0, 0.1) is 30.2 Å². The number of ether oxygens (including phenoxy) is 2. The van der Waals surface area contributed by atoms with Gasteiger partial charge in [-0.3, -0.25) is 9.59 Å². The Labute approximate surface area is 350 Å². The van der Waals surface area contributed by atoms with Crippen molar-refractivity contribution in [1.82, 2.24) is 40.4 Å². The highest BCUT2D eigenvalue weighted by atomic mass is 16.5. The summed E-state index contributed by atoms with van der Waals surface area (Å²) in [7, 11) is 2.56. The number of hydrogen-bond acceptors (Lipinski definition) is 8. The molecular weight excluding hydrogens is 763 g/mol. The fourth-order valence-electron chi connectivity index (χ4n) is 8.56. The van der Waals surface area contributed by atoms with Gasteiger partial charge < -0.3 is 39.9 Å². The molecule has 7 atom stereocenters. The predicted molar refractivity (Wildman–Crippen MR) is 227 cm³/mol. The zero-order valence-corrected chi connectivity index (χ0v) is 34.9. The summed E-state index contributed by atoms with van der Waals surface area (Å²) in [6.07, 6.45) is 17.7. The number of methoxy groups -OCH3 is 2. The van der Waals surface area contributed by atoms with Crippen LogP contribution in [0.25, 0.3) is 27.2 Å². The van der Waals surface area contributed by atoms with E-state index in [0.717, 1.165) is 52.3 Å². The minimum Gasteiger partial charge on any atom is -0.453 e. The highest BCUT2D eigenvalue weighted by molar-refractivity contribution is 5.87. The molecule has 0 radical (unpaired) electrons. The smallest absolute Gasteiger partial charge is 0.407 e. The molecule has 2 fully saturated rings. The third-order valence-corrected chi connectivity index (χ3v) is 11.9. The van der Waals surface area contributed by atoms with E-state index < -0.39 is 30.3 Å².